The van der Waals surface area contributed by atoms with Crippen molar-refractivity contribution in [3.05, 3.63) is 21.4 Å². The molecule has 1 aliphatic carbocycles. The Kier molecular flexibility index (Phi) is 4.01. The molecule has 98 valence electrons. The van der Waals surface area contributed by atoms with Gasteiger partial charge in [0.15, 0.2) is 0 Å². The summed E-state index contributed by atoms with van der Waals surface area (Å²) in [6.45, 7) is 3.98. The lowest BCUT2D eigenvalue weighted by atomic mass is 9.90. The molecule has 1 heterocycles. The summed E-state index contributed by atoms with van der Waals surface area (Å²) in [5.41, 5.74) is 6.13. The molecule has 0 fully saturated rings. The number of nitrogens with one attached hydrogen (secondary N) is 2. The second-order valence-electron chi connectivity index (χ2n) is 4.76. The Hall–Kier alpha value is -1.36. The van der Waals surface area contributed by atoms with E-state index in [4.69, 9.17) is 0 Å². The third-order valence-corrected chi connectivity index (χ3v) is 4.43. The van der Waals surface area contributed by atoms with E-state index in [1.165, 1.54) is 16.9 Å². The van der Waals surface area contributed by atoms with Crippen LogP contribution in [0, 0.1) is 5.92 Å². The van der Waals surface area contributed by atoms with E-state index in [1.807, 2.05) is 6.07 Å². The van der Waals surface area contributed by atoms with Gasteiger partial charge in [0.05, 0.1) is 4.88 Å². The molecular formula is C13H18N2O2S. The molecule has 0 saturated carbocycles. The second kappa shape index (κ2) is 5.52. The molecule has 4 nitrogen and oxygen atoms in total. The Morgan fingerprint density at radius 3 is 2.94 bits per heavy atom. The van der Waals surface area contributed by atoms with Crippen molar-refractivity contribution < 1.29 is 9.59 Å². The fourth-order valence-corrected chi connectivity index (χ4v) is 3.20. The van der Waals surface area contributed by atoms with Gasteiger partial charge in [-0.05, 0) is 36.8 Å². The quantitative estimate of drug-likeness (QED) is 0.805. The number of hydrazine groups is 1. The molecule has 1 aromatic heterocycles. The molecule has 1 aromatic rings. The summed E-state index contributed by atoms with van der Waals surface area (Å²) in [4.78, 5) is 24.9. The monoisotopic (exact) mass is 266 g/mol. The van der Waals surface area contributed by atoms with Gasteiger partial charge in [-0.3, -0.25) is 20.4 Å². The summed E-state index contributed by atoms with van der Waals surface area (Å²) in [6, 6.07) is 1.96. The summed E-state index contributed by atoms with van der Waals surface area (Å²) in [5.74, 6) is 0.296. The maximum absolute atomic E-state index is 11.8. The number of fused-ring (bicyclic) bond motifs is 1. The molecule has 0 aliphatic heterocycles. The van der Waals surface area contributed by atoms with Crippen molar-refractivity contribution in [3.8, 4) is 0 Å². The number of hydrogen-bond donors (Lipinski definition) is 2. The number of carbonyl (C=O) groups excluding carboxylic acids is 2. The van der Waals surface area contributed by atoms with Crippen LogP contribution in [-0.4, -0.2) is 11.8 Å². The van der Waals surface area contributed by atoms with Crippen molar-refractivity contribution in [1.29, 1.82) is 0 Å². The second-order valence-corrected chi connectivity index (χ2v) is 5.90. The number of aryl methyl sites for hydroxylation is 1. The van der Waals surface area contributed by atoms with Gasteiger partial charge in [0, 0.05) is 11.3 Å². The maximum atomic E-state index is 11.8. The summed E-state index contributed by atoms with van der Waals surface area (Å²) >= 11 is 1.54. The van der Waals surface area contributed by atoms with Crippen molar-refractivity contribution >= 4 is 23.2 Å². The highest BCUT2D eigenvalue weighted by molar-refractivity contribution is 7.14. The first-order chi connectivity index (χ1) is 8.60. The largest absolute Gasteiger partial charge is 0.279 e. The van der Waals surface area contributed by atoms with Gasteiger partial charge >= 0.3 is 0 Å². The van der Waals surface area contributed by atoms with Crippen LogP contribution < -0.4 is 10.9 Å². The van der Waals surface area contributed by atoms with Crippen LogP contribution in [0.1, 0.15) is 46.8 Å². The van der Waals surface area contributed by atoms with Crippen LogP contribution in [0.15, 0.2) is 6.07 Å². The lowest BCUT2D eigenvalue weighted by molar-refractivity contribution is -0.121. The van der Waals surface area contributed by atoms with Crippen LogP contribution in [0.4, 0.5) is 0 Å². The molecular weight excluding hydrogens is 248 g/mol. The molecule has 2 N–H and O–H groups in total. The molecule has 5 heteroatoms. The molecule has 0 bridgehead atoms. The van der Waals surface area contributed by atoms with Crippen LogP contribution in [0.25, 0.3) is 0 Å². The Morgan fingerprint density at radius 2 is 2.22 bits per heavy atom. The lowest BCUT2D eigenvalue weighted by Gasteiger charge is -2.16. The molecule has 0 spiro atoms. The molecule has 1 aliphatic rings. The highest BCUT2D eigenvalue weighted by Crippen LogP contribution is 2.31. The van der Waals surface area contributed by atoms with E-state index in [9.17, 15) is 9.59 Å². The van der Waals surface area contributed by atoms with Crippen LogP contribution in [0.3, 0.4) is 0 Å². The first-order valence-corrected chi connectivity index (χ1v) is 7.12. The zero-order valence-corrected chi connectivity index (χ0v) is 11.5. The first kappa shape index (κ1) is 13.1. The zero-order valence-electron chi connectivity index (χ0n) is 10.7. The average Bonchev–Trinajstić information content (AvgIpc) is 2.78. The molecule has 2 rings (SSSR count). The van der Waals surface area contributed by atoms with Crippen molar-refractivity contribution in [2.24, 2.45) is 5.92 Å². The maximum Gasteiger partial charge on any atom is 0.279 e. The number of carbonyl (C=O) groups is 2. The summed E-state index contributed by atoms with van der Waals surface area (Å²) < 4.78 is 0. The van der Waals surface area contributed by atoms with Crippen molar-refractivity contribution in [3.63, 3.8) is 0 Å². The van der Waals surface area contributed by atoms with E-state index in [1.54, 1.807) is 18.3 Å². The molecule has 0 saturated heterocycles. The number of rotatable bonds is 2. The number of amides is 2. The molecule has 1 unspecified atom stereocenters. The fourth-order valence-electron chi connectivity index (χ4n) is 2.09. The van der Waals surface area contributed by atoms with Crippen molar-refractivity contribution in [2.45, 2.75) is 39.5 Å². The molecule has 2 amide bonds. The third-order valence-electron chi connectivity index (χ3n) is 3.19. The van der Waals surface area contributed by atoms with Gasteiger partial charge in [0.1, 0.15) is 0 Å². The van der Waals surface area contributed by atoms with Crippen LogP contribution in [0.5, 0.6) is 0 Å². The van der Waals surface area contributed by atoms with E-state index in [0.29, 0.717) is 17.2 Å². The van der Waals surface area contributed by atoms with Gasteiger partial charge < -0.3 is 0 Å². The number of thiophene rings is 1. The predicted molar refractivity (Wildman–Crippen MR) is 71.4 cm³/mol. The summed E-state index contributed by atoms with van der Waals surface area (Å²) in [7, 11) is 0. The predicted octanol–water partition coefficient (Wildman–Crippen LogP) is 2.04. The van der Waals surface area contributed by atoms with Crippen molar-refractivity contribution in [2.75, 3.05) is 0 Å². The minimum Gasteiger partial charge on any atom is -0.273 e. The fraction of sp³-hybridized carbons (Fsp3) is 0.538. The van der Waals surface area contributed by atoms with Gasteiger partial charge in [-0.25, -0.2) is 0 Å². The van der Waals surface area contributed by atoms with E-state index in [0.717, 1.165) is 12.8 Å². The highest BCUT2D eigenvalue weighted by Gasteiger charge is 2.20. The topological polar surface area (TPSA) is 58.2 Å². The Labute approximate surface area is 111 Å². The van der Waals surface area contributed by atoms with Crippen LogP contribution in [-0.2, 0) is 17.6 Å². The summed E-state index contributed by atoms with van der Waals surface area (Å²) in [5, 5.41) is 0. The Bertz CT molecular complexity index is 468. The normalized spacial score (nSPS) is 18.0. The zero-order chi connectivity index (χ0) is 13.1. The third kappa shape index (κ3) is 2.90. The molecule has 0 aromatic carbocycles. The molecule has 1 atom stereocenters. The van der Waals surface area contributed by atoms with Gasteiger partial charge in [-0.1, -0.05) is 13.8 Å². The smallest absolute Gasteiger partial charge is 0.273 e. The van der Waals surface area contributed by atoms with Crippen LogP contribution >= 0.6 is 11.3 Å². The Morgan fingerprint density at radius 1 is 1.44 bits per heavy atom. The van der Waals surface area contributed by atoms with Gasteiger partial charge in [0.25, 0.3) is 5.91 Å². The minimum atomic E-state index is -0.219. The van der Waals surface area contributed by atoms with E-state index < -0.39 is 0 Å². The molecule has 0 radical (unpaired) electrons. The first-order valence-electron chi connectivity index (χ1n) is 6.31. The highest BCUT2D eigenvalue weighted by atomic mass is 32.1. The number of hydrogen-bond acceptors (Lipinski definition) is 3. The standard InChI is InChI=1S/C13H18N2O2S/c1-3-12(16)14-15-13(17)11-7-9-6-8(2)4-5-10(9)18-11/h7-8H,3-6H2,1-2H3,(H,14,16)(H,15,17). The van der Waals surface area contributed by atoms with Gasteiger partial charge in [-0.2, -0.15) is 0 Å². The summed E-state index contributed by atoms with van der Waals surface area (Å²) in [6.07, 6.45) is 3.68. The van der Waals surface area contributed by atoms with E-state index >= 15 is 0 Å². The minimum absolute atomic E-state index is 0.182. The lowest BCUT2D eigenvalue weighted by Crippen LogP contribution is -2.40. The van der Waals surface area contributed by atoms with E-state index in [2.05, 4.69) is 17.8 Å². The molecule has 18 heavy (non-hydrogen) atoms. The van der Waals surface area contributed by atoms with Crippen LogP contribution in [0.2, 0.25) is 0 Å². The van der Waals surface area contributed by atoms with Crippen molar-refractivity contribution in [1.82, 2.24) is 10.9 Å². The van der Waals surface area contributed by atoms with Gasteiger partial charge in [-0.15, -0.1) is 11.3 Å². The SMILES string of the molecule is CCC(=O)NNC(=O)c1cc2c(s1)CCC(C)C2. The van der Waals surface area contributed by atoms with Gasteiger partial charge in [0.2, 0.25) is 5.91 Å². The Balaban J connectivity index is 2.01. The average molecular weight is 266 g/mol. The van der Waals surface area contributed by atoms with E-state index in [-0.39, 0.29) is 11.8 Å².